The molecule has 2 aromatic rings. The Labute approximate surface area is 96.0 Å². The van der Waals surface area contributed by atoms with Crippen LogP contribution < -0.4 is 22.4 Å². The van der Waals surface area contributed by atoms with E-state index in [1.54, 1.807) is 18.4 Å². The van der Waals surface area contributed by atoms with Gasteiger partial charge in [-0.25, -0.2) is 0 Å². The van der Waals surface area contributed by atoms with E-state index in [0.29, 0.717) is 17.0 Å². The van der Waals surface area contributed by atoms with Crippen LogP contribution in [0.2, 0.25) is 0 Å². The molecule has 0 atom stereocenters. The minimum atomic E-state index is -0.427. The van der Waals surface area contributed by atoms with Gasteiger partial charge in [-0.2, -0.15) is 4.98 Å². The summed E-state index contributed by atoms with van der Waals surface area (Å²) in [5, 5.41) is 19.5. The maximum Gasteiger partial charge on any atom is 0.259 e. The van der Waals surface area contributed by atoms with Crippen molar-refractivity contribution in [2.24, 2.45) is 0 Å². The van der Waals surface area contributed by atoms with E-state index in [1.165, 1.54) is 0 Å². The largest absolute Gasteiger partial charge is 0.467 e. The zero-order valence-corrected chi connectivity index (χ0v) is 8.84. The lowest BCUT2D eigenvalue weighted by molar-refractivity contribution is 0.172. The highest BCUT2D eigenvalue weighted by Crippen LogP contribution is 2.21. The molecule has 0 bridgehead atoms. The summed E-state index contributed by atoms with van der Waals surface area (Å²) in [6, 6.07) is 3.53. The molecule has 8 nitrogen and oxygen atoms in total. The predicted molar refractivity (Wildman–Crippen MR) is 60.1 cm³/mol. The number of rotatable bonds is 3. The van der Waals surface area contributed by atoms with Crippen LogP contribution in [-0.2, 0) is 6.54 Å². The lowest BCUT2D eigenvalue weighted by Crippen LogP contribution is -2.26. The van der Waals surface area contributed by atoms with Crippen molar-refractivity contribution in [2.75, 3.05) is 16.8 Å². The Kier molecular flexibility index (Phi) is 2.61. The highest BCUT2D eigenvalue weighted by molar-refractivity contribution is 5.73. The molecule has 0 aliphatic carbocycles. The maximum atomic E-state index is 9.39. The summed E-state index contributed by atoms with van der Waals surface area (Å²) in [6.45, 7) is 0.348. The van der Waals surface area contributed by atoms with Crippen LogP contribution in [0.3, 0.4) is 0 Å². The molecule has 2 heterocycles. The van der Waals surface area contributed by atoms with E-state index in [9.17, 15) is 5.21 Å². The fourth-order valence-corrected chi connectivity index (χ4v) is 1.34. The molecule has 0 saturated heterocycles. The molecule has 0 fully saturated rings. The van der Waals surface area contributed by atoms with Crippen molar-refractivity contribution in [1.82, 2.24) is 9.71 Å². The Morgan fingerprint density at radius 1 is 1.53 bits per heavy atom. The Bertz CT molecular complexity index is 574. The summed E-state index contributed by atoms with van der Waals surface area (Å²) in [4.78, 5) is 3.62. The van der Waals surface area contributed by atoms with Crippen molar-refractivity contribution < 1.29 is 9.62 Å². The monoisotopic (exact) mass is 236 g/mol. The van der Waals surface area contributed by atoms with E-state index >= 15 is 0 Å². The summed E-state index contributed by atoms with van der Waals surface area (Å²) in [6.07, 6.45) is 1.54. The number of nitrogens with zero attached hydrogens (tertiary/aromatic N) is 2. The van der Waals surface area contributed by atoms with Gasteiger partial charge in [0.15, 0.2) is 11.6 Å². The molecular formula is C9H12N6O2. The molecule has 2 aromatic heterocycles. The second kappa shape index (κ2) is 4.08. The number of nitrogen functional groups attached to an aromatic ring is 2. The Morgan fingerprint density at radius 3 is 2.94 bits per heavy atom. The number of hydrogen-bond acceptors (Lipinski definition) is 7. The third kappa shape index (κ3) is 2.00. The SMILES string of the molecule is N=c1nc(N)c(NCc2ccco2)c(N)n1O. The number of nitrogens with two attached hydrogens (primary N) is 2. The van der Waals surface area contributed by atoms with Gasteiger partial charge in [0, 0.05) is 0 Å². The Morgan fingerprint density at radius 2 is 2.29 bits per heavy atom. The molecule has 0 amide bonds. The molecule has 17 heavy (non-hydrogen) atoms. The quantitative estimate of drug-likeness (QED) is 0.474. The molecule has 90 valence electrons. The molecule has 0 unspecified atom stereocenters. The minimum Gasteiger partial charge on any atom is -0.467 e. The lowest BCUT2D eigenvalue weighted by atomic mass is 10.4. The zero-order chi connectivity index (χ0) is 12.4. The maximum absolute atomic E-state index is 9.39. The number of anilines is 3. The highest BCUT2D eigenvalue weighted by Gasteiger charge is 2.11. The van der Waals surface area contributed by atoms with E-state index in [4.69, 9.17) is 21.3 Å². The van der Waals surface area contributed by atoms with Crippen LogP contribution in [0.5, 0.6) is 0 Å². The van der Waals surface area contributed by atoms with Crippen LogP contribution in [0.25, 0.3) is 0 Å². The van der Waals surface area contributed by atoms with Crippen molar-refractivity contribution in [2.45, 2.75) is 6.54 Å². The summed E-state index contributed by atoms with van der Waals surface area (Å²) >= 11 is 0. The highest BCUT2D eigenvalue weighted by atomic mass is 16.5. The van der Waals surface area contributed by atoms with Crippen LogP contribution in [0.15, 0.2) is 22.8 Å². The molecule has 0 aliphatic rings. The first-order valence-corrected chi connectivity index (χ1v) is 4.77. The van der Waals surface area contributed by atoms with Crippen LogP contribution >= 0.6 is 0 Å². The van der Waals surface area contributed by atoms with E-state index in [1.807, 2.05) is 0 Å². The van der Waals surface area contributed by atoms with Gasteiger partial charge in [0.1, 0.15) is 11.4 Å². The summed E-state index contributed by atoms with van der Waals surface area (Å²) in [5.41, 5.74) is 11.0. The van der Waals surface area contributed by atoms with Crippen molar-refractivity contribution in [3.63, 3.8) is 0 Å². The van der Waals surface area contributed by atoms with Crippen LogP contribution in [0, 0.1) is 5.41 Å². The van der Waals surface area contributed by atoms with Crippen LogP contribution in [0.1, 0.15) is 5.76 Å². The third-order valence-electron chi connectivity index (χ3n) is 2.19. The number of nitrogens with one attached hydrogen (secondary N) is 2. The van der Waals surface area contributed by atoms with Crippen molar-refractivity contribution >= 4 is 17.3 Å². The number of aromatic nitrogens is 2. The van der Waals surface area contributed by atoms with Crippen molar-refractivity contribution in [1.29, 1.82) is 5.41 Å². The van der Waals surface area contributed by atoms with Gasteiger partial charge in [-0.05, 0) is 12.1 Å². The average Bonchev–Trinajstić information content (AvgIpc) is 2.79. The second-order valence-corrected chi connectivity index (χ2v) is 3.33. The molecule has 0 radical (unpaired) electrons. The average molecular weight is 236 g/mol. The van der Waals surface area contributed by atoms with E-state index in [0.717, 1.165) is 0 Å². The van der Waals surface area contributed by atoms with Crippen LogP contribution in [-0.4, -0.2) is 14.9 Å². The van der Waals surface area contributed by atoms with Gasteiger partial charge in [-0.3, -0.25) is 5.41 Å². The van der Waals surface area contributed by atoms with E-state index in [2.05, 4.69) is 10.3 Å². The first-order valence-electron chi connectivity index (χ1n) is 4.77. The van der Waals surface area contributed by atoms with Crippen molar-refractivity contribution in [3.05, 3.63) is 29.8 Å². The first-order chi connectivity index (χ1) is 8.09. The third-order valence-corrected chi connectivity index (χ3v) is 2.19. The van der Waals surface area contributed by atoms with Gasteiger partial charge in [-0.15, -0.1) is 4.73 Å². The zero-order valence-electron chi connectivity index (χ0n) is 8.84. The molecule has 2 rings (SSSR count). The smallest absolute Gasteiger partial charge is 0.259 e. The topological polar surface area (TPSA) is 139 Å². The van der Waals surface area contributed by atoms with Gasteiger partial charge < -0.3 is 26.4 Å². The van der Waals surface area contributed by atoms with Gasteiger partial charge in [0.05, 0.1) is 12.8 Å². The molecule has 7 N–H and O–H groups in total. The van der Waals surface area contributed by atoms with E-state index < -0.39 is 5.62 Å². The summed E-state index contributed by atoms with van der Waals surface area (Å²) in [7, 11) is 0. The fraction of sp³-hybridized carbons (Fsp3) is 0.111. The molecule has 0 aliphatic heterocycles. The normalized spacial score (nSPS) is 10.4. The van der Waals surface area contributed by atoms with Gasteiger partial charge >= 0.3 is 0 Å². The van der Waals surface area contributed by atoms with E-state index in [-0.39, 0.29) is 17.3 Å². The minimum absolute atomic E-state index is 0.0457. The van der Waals surface area contributed by atoms with Gasteiger partial charge in [0.2, 0.25) is 0 Å². The molecular weight excluding hydrogens is 224 g/mol. The Balaban J connectivity index is 2.27. The van der Waals surface area contributed by atoms with Gasteiger partial charge in [0.25, 0.3) is 5.62 Å². The standard InChI is InChI=1S/C9H12N6O2/c10-7-6(8(11)15(16)9(12)14-7)13-4-5-2-1-3-17-5/h1-3,13,16H,4,11H2,(H3,10,12,14). The summed E-state index contributed by atoms with van der Waals surface area (Å²) < 4.78 is 5.56. The van der Waals surface area contributed by atoms with Gasteiger partial charge in [-0.1, -0.05) is 0 Å². The Hall–Kier alpha value is -2.64. The molecule has 0 aromatic carbocycles. The lowest BCUT2D eigenvalue weighted by Gasteiger charge is -2.12. The molecule has 0 saturated carbocycles. The number of hydrogen-bond donors (Lipinski definition) is 5. The fourth-order valence-electron chi connectivity index (χ4n) is 1.34. The van der Waals surface area contributed by atoms with Crippen molar-refractivity contribution in [3.8, 4) is 0 Å². The molecule has 0 spiro atoms. The molecule has 8 heteroatoms. The second-order valence-electron chi connectivity index (χ2n) is 3.33. The van der Waals surface area contributed by atoms with Crippen LogP contribution in [0.4, 0.5) is 17.3 Å². The first kappa shape index (κ1) is 10.9. The summed E-state index contributed by atoms with van der Waals surface area (Å²) in [5.74, 6) is 0.654. The predicted octanol–water partition coefficient (Wildman–Crippen LogP) is -0.0306. The number of furan rings is 1.